The van der Waals surface area contributed by atoms with Crippen molar-refractivity contribution in [3.05, 3.63) is 70.6 Å². The van der Waals surface area contributed by atoms with Crippen LogP contribution in [0.5, 0.6) is 0 Å². The number of fused-ring (bicyclic) bond motifs is 1. The van der Waals surface area contributed by atoms with Gasteiger partial charge in [0.25, 0.3) is 5.91 Å². The topological polar surface area (TPSA) is 85.8 Å². The smallest absolute Gasteiger partial charge is 0.251 e. The van der Waals surface area contributed by atoms with Crippen LogP contribution in [0.3, 0.4) is 0 Å². The van der Waals surface area contributed by atoms with Gasteiger partial charge in [-0.15, -0.1) is 35.3 Å². The summed E-state index contributed by atoms with van der Waals surface area (Å²) in [5.74, 6) is 0.556. The Hall–Kier alpha value is -2.17. The van der Waals surface area contributed by atoms with E-state index in [1.807, 2.05) is 56.3 Å². The van der Waals surface area contributed by atoms with Crippen molar-refractivity contribution >= 4 is 57.3 Å². The van der Waals surface area contributed by atoms with Gasteiger partial charge in [-0.3, -0.25) is 9.79 Å². The molecule has 0 spiro atoms. The maximum Gasteiger partial charge on any atom is 0.251 e. The van der Waals surface area contributed by atoms with Crippen LogP contribution in [0.2, 0.25) is 0 Å². The van der Waals surface area contributed by atoms with Gasteiger partial charge in [0.05, 0.1) is 0 Å². The Kier molecular flexibility index (Phi) is 10.4. The molecule has 1 aromatic heterocycles. The predicted octanol–water partition coefficient (Wildman–Crippen LogP) is 4.45. The van der Waals surface area contributed by atoms with Gasteiger partial charge in [0.15, 0.2) is 5.96 Å². The number of nitrogens with one attached hydrogen (secondary N) is 3. The van der Waals surface area contributed by atoms with E-state index >= 15 is 0 Å². The number of benzene rings is 2. The number of aliphatic hydroxyl groups is 1. The van der Waals surface area contributed by atoms with Crippen LogP contribution in [-0.4, -0.2) is 36.6 Å². The van der Waals surface area contributed by atoms with Crippen molar-refractivity contribution in [3.63, 3.8) is 0 Å². The number of aliphatic hydroxyl groups excluding tert-OH is 1. The second kappa shape index (κ2) is 12.8. The molecule has 1 amide bonds. The van der Waals surface area contributed by atoms with Gasteiger partial charge >= 0.3 is 0 Å². The Labute approximate surface area is 210 Å². The average Bonchev–Trinajstić information content (AvgIpc) is 3.23. The van der Waals surface area contributed by atoms with E-state index in [0.717, 1.165) is 22.2 Å². The summed E-state index contributed by atoms with van der Waals surface area (Å²) >= 11 is 1.60. The van der Waals surface area contributed by atoms with E-state index in [4.69, 9.17) is 0 Å². The molecule has 1 heterocycles. The zero-order valence-corrected chi connectivity index (χ0v) is 21.7. The molecule has 0 bridgehead atoms. The van der Waals surface area contributed by atoms with Crippen LogP contribution >= 0.6 is 35.3 Å². The highest BCUT2D eigenvalue weighted by Gasteiger charge is 2.12. The summed E-state index contributed by atoms with van der Waals surface area (Å²) in [6, 6.07) is 17.8. The molecule has 2 aromatic carbocycles. The van der Waals surface area contributed by atoms with E-state index < -0.39 is 6.10 Å². The third-order valence-corrected chi connectivity index (χ3v) is 6.34. The van der Waals surface area contributed by atoms with Gasteiger partial charge in [0.1, 0.15) is 6.10 Å². The van der Waals surface area contributed by atoms with Crippen LogP contribution in [0.25, 0.3) is 10.1 Å². The molecule has 3 rings (SSSR count). The second-order valence-electron chi connectivity index (χ2n) is 7.49. The number of aliphatic imine (C=N–C) groups is 1. The van der Waals surface area contributed by atoms with E-state index in [1.54, 1.807) is 18.4 Å². The van der Waals surface area contributed by atoms with Crippen LogP contribution in [0.4, 0.5) is 0 Å². The fraction of sp³-hybridized carbons (Fsp3) is 0.333. The summed E-state index contributed by atoms with van der Waals surface area (Å²) in [6.45, 7) is 4.96. The number of carbonyl (C=O) groups excluding carboxylic acids is 1. The molecule has 2 unspecified atom stereocenters. The van der Waals surface area contributed by atoms with Gasteiger partial charge in [-0.2, -0.15) is 0 Å². The minimum Gasteiger partial charge on any atom is -0.386 e. The highest BCUT2D eigenvalue weighted by Crippen LogP contribution is 2.29. The molecule has 3 aromatic rings. The van der Waals surface area contributed by atoms with Crippen molar-refractivity contribution in [2.45, 2.75) is 39.0 Å². The lowest BCUT2D eigenvalue weighted by molar-refractivity contribution is 0.0939. The summed E-state index contributed by atoms with van der Waals surface area (Å²) < 4.78 is 1.17. The van der Waals surface area contributed by atoms with E-state index in [9.17, 15) is 9.90 Å². The van der Waals surface area contributed by atoms with Gasteiger partial charge in [0.2, 0.25) is 0 Å². The first kappa shape index (κ1) is 26.1. The lowest BCUT2D eigenvalue weighted by atomic mass is 10.1. The molecule has 32 heavy (non-hydrogen) atoms. The summed E-state index contributed by atoms with van der Waals surface area (Å²) in [4.78, 5) is 17.3. The summed E-state index contributed by atoms with van der Waals surface area (Å²) in [5, 5.41) is 21.1. The maximum atomic E-state index is 12.2. The van der Waals surface area contributed by atoms with E-state index in [1.165, 1.54) is 4.70 Å². The van der Waals surface area contributed by atoms with Crippen LogP contribution in [-0.2, 0) is 6.54 Å². The summed E-state index contributed by atoms with van der Waals surface area (Å²) in [7, 11) is 1.70. The summed E-state index contributed by atoms with van der Waals surface area (Å²) in [6.07, 6.45) is 0.288. The fourth-order valence-corrected chi connectivity index (χ4v) is 4.10. The number of nitrogens with zero attached hydrogens (tertiary/aromatic N) is 1. The van der Waals surface area contributed by atoms with Crippen molar-refractivity contribution in [2.24, 2.45) is 4.99 Å². The maximum absolute atomic E-state index is 12.2. The largest absolute Gasteiger partial charge is 0.386 e. The highest BCUT2D eigenvalue weighted by atomic mass is 127. The molecule has 2 atom stereocenters. The standard InChI is InChI=1S/C24H30N4O2S.HI/c1-4-16(2)28-23(30)18-11-9-17(10-12-18)14-26-24(25-3)27-15-20(29)22-13-19-7-5-6-8-21(19)31-22;/h5-13,16,20,29H,4,14-15H2,1-3H3,(H,28,30)(H2,25,26,27);1H. The number of thiophene rings is 1. The molecular formula is C24H31IN4O2S. The van der Waals surface area contributed by atoms with Crippen molar-refractivity contribution in [3.8, 4) is 0 Å². The number of amides is 1. The van der Waals surface area contributed by atoms with Gasteiger partial charge in [-0.1, -0.05) is 37.3 Å². The quantitative estimate of drug-likeness (QED) is 0.185. The monoisotopic (exact) mass is 566 g/mol. The van der Waals surface area contributed by atoms with Gasteiger partial charge < -0.3 is 21.1 Å². The highest BCUT2D eigenvalue weighted by molar-refractivity contribution is 14.0. The Morgan fingerprint density at radius 1 is 1.12 bits per heavy atom. The first-order chi connectivity index (χ1) is 15.0. The Balaban J connectivity index is 0.00000363. The molecule has 6 nitrogen and oxygen atoms in total. The van der Waals surface area contributed by atoms with E-state index in [2.05, 4.69) is 33.1 Å². The molecule has 172 valence electrons. The van der Waals surface area contributed by atoms with Crippen molar-refractivity contribution < 1.29 is 9.90 Å². The third-order valence-electron chi connectivity index (χ3n) is 5.13. The van der Waals surface area contributed by atoms with Crippen molar-refractivity contribution in [2.75, 3.05) is 13.6 Å². The minimum atomic E-state index is -0.612. The average molecular weight is 567 g/mol. The zero-order chi connectivity index (χ0) is 22.2. The Bertz CT molecular complexity index is 1000. The molecule has 0 saturated carbocycles. The van der Waals surface area contributed by atoms with E-state index in [-0.39, 0.29) is 35.9 Å². The van der Waals surface area contributed by atoms with Crippen molar-refractivity contribution in [1.82, 2.24) is 16.0 Å². The van der Waals surface area contributed by atoms with Crippen molar-refractivity contribution in [1.29, 1.82) is 0 Å². The normalized spacial score (nSPS) is 13.2. The number of halogens is 1. The van der Waals surface area contributed by atoms with Gasteiger partial charge in [0, 0.05) is 41.3 Å². The fourth-order valence-electron chi connectivity index (χ4n) is 3.05. The number of carbonyl (C=O) groups is 1. The number of guanidine groups is 1. The Morgan fingerprint density at radius 2 is 1.84 bits per heavy atom. The molecular weight excluding hydrogens is 535 g/mol. The molecule has 0 aliphatic rings. The van der Waals surface area contributed by atoms with Gasteiger partial charge in [-0.25, -0.2) is 0 Å². The molecule has 4 N–H and O–H groups in total. The molecule has 0 fully saturated rings. The number of hydrogen-bond donors (Lipinski definition) is 4. The third kappa shape index (κ3) is 7.18. The minimum absolute atomic E-state index is 0. The lowest BCUT2D eigenvalue weighted by Crippen LogP contribution is -2.38. The SMILES string of the molecule is CCC(C)NC(=O)c1ccc(CNC(=NC)NCC(O)c2cc3ccccc3s2)cc1.I. The first-order valence-corrected chi connectivity index (χ1v) is 11.3. The van der Waals surface area contributed by atoms with Gasteiger partial charge in [-0.05, 0) is 48.6 Å². The predicted molar refractivity (Wildman–Crippen MR) is 144 cm³/mol. The van der Waals surface area contributed by atoms with Crippen LogP contribution in [0.15, 0.2) is 59.6 Å². The summed E-state index contributed by atoms with van der Waals surface area (Å²) in [5.41, 5.74) is 1.69. The lowest BCUT2D eigenvalue weighted by Gasteiger charge is -2.15. The molecule has 0 radical (unpaired) electrons. The first-order valence-electron chi connectivity index (χ1n) is 10.5. The van der Waals surface area contributed by atoms with Crippen LogP contribution < -0.4 is 16.0 Å². The zero-order valence-electron chi connectivity index (χ0n) is 18.6. The molecule has 8 heteroatoms. The second-order valence-corrected chi connectivity index (χ2v) is 8.60. The molecule has 0 saturated heterocycles. The number of rotatable bonds is 8. The Morgan fingerprint density at radius 3 is 2.50 bits per heavy atom. The molecule has 0 aliphatic heterocycles. The molecule has 0 aliphatic carbocycles. The number of hydrogen-bond acceptors (Lipinski definition) is 4. The van der Waals surface area contributed by atoms with E-state index in [0.29, 0.717) is 24.6 Å². The van der Waals surface area contributed by atoms with Crippen LogP contribution in [0.1, 0.15) is 47.2 Å². The van der Waals surface area contributed by atoms with Crippen LogP contribution in [0, 0.1) is 0 Å².